The smallest absolute Gasteiger partial charge is 0.265 e. The molecule has 1 aliphatic carbocycles. The second-order valence-electron chi connectivity index (χ2n) is 6.26. The first-order valence-corrected chi connectivity index (χ1v) is 8.20. The minimum Gasteiger partial charge on any atom is -0.382 e. The molecule has 0 bridgehead atoms. The lowest BCUT2D eigenvalue weighted by Crippen LogP contribution is -2.45. The summed E-state index contributed by atoms with van der Waals surface area (Å²) in [6, 6.07) is 0. The van der Waals surface area contributed by atoms with Crippen LogP contribution < -0.4 is 16.0 Å². The van der Waals surface area contributed by atoms with Gasteiger partial charge in [-0.1, -0.05) is 11.3 Å². The fourth-order valence-corrected chi connectivity index (χ4v) is 3.56. The zero-order valence-electron chi connectivity index (χ0n) is 12.5. The van der Waals surface area contributed by atoms with Crippen LogP contribution in [0.25, 0.3) is 0 Å². The van der Waals surface area contributed by atoms with E-state index in [2.05, 4.69) is 29.0 Å². The number of morpholine rings is 1. The Morgan fingerprint density at radius 3 is 2.71 bits per heavy atom. The van der Waals surface area contributed by atoms with Crippen LogP contribution in [-0.4, -0.2) is 42.7 Å². The number of hydrogen-bond donors (Lipinski definition) is 2. The Bertz CT molecular complexity index is 533. The number of nitrogens with one attached hydrogen (secondary N) is 1. The van der Waals surface area contributed by atoms with E-state index >= 15 is 0 Å². The van der Waals surface area contributed by atoms with Gasteiger partial charge in [-0.05, 0) is 32.6 Å². The topological polar surface area (TPSA) is 80.5 Å². The SMILES string of the molecule is CC(C)(NC(=O)c1sc(N2CCOCC2)nc1N)C1CC1. The summed E-state index contributed by atoms with van der Waals surface area (Å²) in [4.78, 5) is 19.4. The van der Waals surface area contributed by atoms with Gasteiger partial charge in [0.2, 0.25) is 0 Å². The van der Waals surface area contributed by atoms with Crippen LogP contribution in [0.3, 0.4) is 0 Å². The molecular formula is C14H22N4O2S. The maximum absolute atomic E-state index is 12.4. The van der Waals surface area contributed by atoms with Crippen LogP contribution in [0.5, 0.6) is 0 Å². The van der Waals surface area contributed by atoms with Gasteiger partial charge in [0.05, 0.1) is 13.2 Å². The molecule has 0 spiro atoms. The minimum absolute atomic E-state index is 0.110. The molecule has 0 radical (unpaired) electrons. The van der Waals surface area contributed by atoms with Gasteiger partial charge in [-0.2, -0.15) is 0 Å². The lowest BCUT2D eigenvalue weighted by atomic mass is 9.99. The maximum atomic E-state index is 12.4. The molecule has 1 amide bonds. The first kappa shape index (κ1) is 14.6. The maximum Gasteiger partial charge on any atom is 0.265 e. The fraction of sp³-hybridized carbons (Fsp3) is 0.714. The third-order valence-corrected chi connectivity index (χ3v) is 5.29. The first-order valence-electron chi connectivity index (χ1n) is 7.39. The van der Waals surface area contributed by atoms with Gasteiger partial charge < -0.3 is 20.7 Å². The summed E-state index contributed by atoms with van der Waals surface area (Å²) in [5, 5.41) is 3.91. The third kappa shape index (κ3) is 3.13. The number of ether oxygens (including phenoxy) is 1. The van der Waals surface area contributed by atoms with Crippen LogP contribution >= 0.6 is 11.3 Å². The third-order valence-electron chi connectivity index (χ3n) is 4.16. The van der Waals surface area contributed by atoms with E-state index in [0.29, 0.717) is 29.8 Å². The van der Waals surface area contributed by atoms with Crippen LogP contribution in [0, 0.1) is 5.92 Å². The molecule has 6 nitrogen and oxygen atoms in total. The molecule has 1 saturated heterocycles. The van der Waals surface area contributed by atoms with Gasteiger partial charge in [0, 0.05) is 18.6 Å². The van der Waals surface area contributed by atoms with Gasteiger partial charge in [-0.15, -0.1) is 0 Å². The molecule has 0 unspecified atom stereocenters. The van der Waals surface area contributed by atoms with Crippen LogP contribution in [0.2, 0.25) is 0 Å². The fourth-order valence-electron chi connectivity index (χ4n) is 2.63. The number of nitrogens with two attached hydrogens (primary N) is 1. The predicted molar refractivity (Wildman–Crippen MR) is 83.8 cm³/mol. The molecule has 3 rings (SSSR count). The largest absolute Gasteiger partial charge is 0.382 e. The van der Waals surface area contributed by atoms with Crippen LogP contribution in [0.4, 0.5) is 10.9 Å². The van der Waals surface area contributed by atoms with E-state index in [-0.39, 0.29) is 11.4 Å². The Labute approximate surface area is 128 Å². The second kappa shape index (κ2) is 5.46. The average molecular weight is 310 g/mol. The van der Waals surface area contributed by atoms with Crippen molar-refractivity contribution in [3.05, 3.63) is 4.88 Å². The van der Waals surface area contributed by atoms with Gasteiger partial charge >= 0.3 is 0 Å². The number of nitrogens with zero attached hydrogens (tertiary/aromatic N) is 2. The molecule has 2 heterocycles. The summed E-state index contributed by atoms with van der Waals surface area (Å²) < 4.78 is 5.33. The zero-order chi connectivity index (χ0) is 15.0. The van der Waals surface area contributed by atoms with E-state index in [1.54, 1.807) is 0 Å². The minimum atomic E-state index is -0.174. The highest BCUT2D eigenvalue weighted by Gasteiger charge is 2.39. The highest BCUT2D eigenvalue weighted by molar-refractivity contribution is 7.18. The normalized spacial score (nSPS) is 19.6. The molecule has 0 aromatic carbocycles. The summed E-state index contributed by atoms with van der Waals surface area (Å²) in [6.45, 7) is 7.11. The molecule has 1 aromatic rings. The molecule has 2 fully saturated rings. The number of carbonyl (C=O) groups excluding carboxylic acids is 1. The van der Waals surface area contributed by atoms with Crippen molar-refractivity contribution in [1.29, 1.82) is 0 Å². The van der Waals surface area contributed by atoms with E-state index in [0.717, 1.165) is 18.2 Å². The Balaban J connectivity index is 1.72. The summed E-state index contributed by atoms with van der Waals surface area (Å²) in [5.74, 6) is 0.793. The Kier molecular flexibility index (Phi) is 3.79. The molecule has 7 heteroatoms. The Morgan fingerprint density at radius 2 is 2.10 bits per heavy atom. The summed E-state index contributed by atoms with van der Waals surface area (Å²) in [6.07, 6.45) is 2.37. The highest BCUT2D eigenvalue weighted by atomic mass is 32.1. The zero-order valence-corrected chi connectivity index (χ0v) is 13.3. The number of carbonyl (C=O) groups is 1. The molecule has 2 aliphatic rings. The summed E-state index contributed by atoms with van der Waals surface area (Å²) >= 11 is 1.37. The predicted octanol–water partition coefficient (Wildman–Crippen LogP) is 1.48. The average Bonchev–Trinajstić information content (AvgIpc) is 3.23. The lowest BCUT2D eigenvalue weighted by Gasteiger charge is -2.26. The molecule has 0 atom stereocenters. The molecule has 3 N–H and O–H groups in total. The quantitative estimate of drug-likeness (QED) is 0.880. The van der Waals surface area contributed by atoms with Crippen LogP contribution in [0.1, 0.15) is 36.4 Å². The molecular weight excluding hydrogens is 288 g/mol. The van der Waals surface area contributed by atoms with E-state index < -0.39 is 0 Å². The van der Waals surface area contributed by atoms with Gasteiger partial charge in [-0.25, -0.2) is 4.98 Å². The molecule has 1 saturated carbocycles. The second-order valence-corrected chi connectivity index (χ2v) is 7.24. The summed E-state index contributed by atoms with van der Waals surface area (Å²) in [7, 11) is 0. The molecule has 116 valence electrons. The van der Waals surface area contributed by atoms with Crippen LogP contribution in [-0.2, 0) is 4.74 Å². The highest BCUT2D eigenvalue weighted by Crippen LogP contribution is 2.39. The van der Waals surface area contributed by atoms with Crippen LogP contribution in [0.15, 0.2) is 0 Å². The van der Waals surface area contributed by atoms with E-state index in [4.69, 9.17) is 10.5 Å². The van der Waals surface area contributed by atoms with E-state index in [1.807, 2.05) is 0 Å². The Hall–Kier alpha value is -1.34. The number of rotatable bonds is 4. The van der Waals surface area contributed by atoms with Crippen molar-refractivity contribution in [1.82, 2.24) is 10.3 Å². The standard InChI is InChI=1S/C14H22N4O2S/c1-14(2,9-3-4-9)17-12(19)10-11(15)16-13(21-10)18-5-7-20-8-6-18/h9H,3-8,15H2,1-2H3,(H,17,19). The number of aromatic nitrogens is 1. The Morgan fingerprint density at radius 1 is 1.43 bits per heavy atom. The van der Waals surface area contributed by atoms with Crippen molar-refractivity contribution < 1.29 is 9.53 Å². The van der Waals surface area contributed by atoms with E-state index in [1.165, 1.54) is 24.2 Å². The van der Waals surface area contributed by atoms with Gasteiger partial charge in [0.15, 0.2) is 5.13 Å². The van der Waals surface area contributed by atoms with Gasteiger partial charge in [0.1, 0.15) is 10.7 Å². The van der Waals surface area contributed by atoms with Crippen molar-refractivity contribution in [3.8, 4) is 0 Å². The number of hydrogen-bond acceptors (Lipinski definition) is 6. The lowest BCUT2D eigenvalue weighted by molar-refractivity contribution is 0.0908. The van der Waals surface area contributed by atoms with Crippen molar-refractivity contribution in [2.75, 3.05) is 36.9 Å². The van der Waals surface area contributed by atoms with Crippen molar-refractivity contribution in [3.63, 3.8) is 0 Å². The van der Waals surface area contributed by atoms with Crippen molar-refractivity contribution in [2.45, 2.75) is 32.2 Å². The van der Waals surface area contributed by atoms with Crippen molar-refractivity contribution >= 4 is 28.2 Å². The van der Waals surface area contributed by atoms with E-state index in [9.17, 15) is 4.79 Å². The number of thiazole rings is 1. The molecule has 21 heavy (non-hydrogen) atoms. The number of amides is 1. The molecule has 1 aromatic heterocycles. The number of anilines is 2. The monoisotopic (exact) mass is 310 g/mol. The molecule has 1 aliphatic heterocycles. The van der Waals surface area contributed by atoms with Gasteiger partial charge in [0.25, 0.3) is 5.91 Å². The van der Waals surface area contributed by atoms with Crippen molar-refractivity contribution in [2.24, 2.45) is 5.92 Å². The van der Waals surface area contributed by atoms with Gasteiger partial charge in [-0.3, -0.25) is 4.79 Å². The summed E-state index contributed by atoms with van der Waals surface area (Å²) in [5.41, 5.74) is 5.77. The number of nitrogen functional groups attached to an aromatic ring is 1. The first-order chi connectivity index (χ1) is 9.97.